The summed E-state index contributed by atoms with van der Waals surface area (Å²) in [6.45, 7) is 1.04. The lowest BCUT2D eigenvalue weighted by atomic mass is 9.99. The van der Waals surface area contributed by atoms with Crippen molar-refractivity contribution in [3.8, 4) is 0 Å². The van der Waals surface area contributed by atoms with Crippen molar-refractivity contribution in [2.24, 2.45) is 5.92 Å². The van der Waals surface area contributed by atoms with Gasteiger partial charge in [0.05, 0.1) is 5.92 Å². The van der Waals surface area contributed by atoms with E-state index in [-0.39, 0.29) is 0 Å². The Balaban J connectivity index is 1.80. The third-order valence-corrected chi connectivity index (χ3v) is 7.94. The van der Waals surface area contributed by atoms with Crippen molar-refractivity contribution in [3.63, 3.8) is 0 Å². The number of aliphatic carboxylic acids is 1. The summed E-state index contributed by atoms with van der Waals surface area (Å²) in [6.07, 6.45) is 0.786. The first kappa shape index (κ1) is 16.4. The molecule has 0 spiro atoms. The minimum Gasteiger partial charge on any atom is -0.481 e. The Kier molecular flexibility index (Phi) is 6.03. The third kappa shape index (κ3) is 4.52. The number of hydrogen-bond acceptors (Lipinski definition) is 5. The molecule has 2 aliphatic heterocycles. The number of carboxylic acids is 1. The van der Waals surface area contributed by atoms with Gasteiger partial charge in [-0.25, -0.2) is 4.72 Å². The number of nitrogens with zero attached hydrogens (tertiary/aromatic N) is 1. The number of nitrogens with one attached hydrogen (secondary N) is 1. The Labute approximate surface area is 128 Å². The molecule has 2 heterocycles. The lowest BCUT2D eigenvalue weighted by molar-refractivity contribution is -0.142. The van der Waals surface area contributed by atoms with Gasteiger partial charge in [-0.15, -0.1) is 0 Å². The second-order valence-electron chi connectivity index (χ2n) is 4.93. The minimum atomic E-state index is -3.46. The zero-order valence-electron chi connectivity index (χ0n) is 11.2. The molecule has 0 aromatic heterocycles. The fourth-order valence-electron chi connectivity index (χ4n) is 2.29. The molecule has 20 heavy (non-hydrogen) atoms. The van der Waals surface area contributed by atoms with Crippen LogP contribution >= 0.6 is 23.5 Å². The van der Waals surface area contributed by atoms with Crippen LogP contribution < -0.4 is 4.72 Å². The quantitative estimate of drug-likeness (QED) is 0.756. The highest BCUT2D eigenvalue weighted by Crippen LogP contribution is 2.24. The van der Waals surface area contributed by atoms with Crippen LogP contribution in [-0.4, -0.2) is 65.9 Å². The fraction of sp³-hybridized carbons (Fsp3) is 0.909. The van der Waals surface area contributed by atoms with E-state index in [0.29, 0.717) is 37.7 Å². The molecule has 0 bridgehead atoms. The molecular weight excluding hydrogens is 320 g/mol. The van der Waals surface area contributed by atoms with E-state index in [1.807, 2.05) is 23.5 Å². The van der Waals surface area contributed by atoms with E-state index < -0.39 is 22.1 Å². The summed E-state index contributed by atoms with van der Waals surface area (Å²) < 4.78 is 28.3. The maximum Gasteiger partial charge on any atom is 0.306 e. The molecule has 2 aliphatic rings. The van der Waals surface area contributed by atoms with Crippen LogP contribution in [0.1, 0.15) is 12.8 Å². The summed E-state index contributed by atoms with van der Waals surface area (Å²) in [6, 6.07) is 0. The van der Waals surface area contributed by atoms with E-state index in [9.17, 15) is 13.2 Å². The van der Waals surface area contributed by atoms with Gasteiger partial charge in [-0.3, -0.25) is 4.79 Å². The highest BCUT2D eigenvalue weighted by Gasteiger charge is 2.31. The SMILES string of the molecule is O=C(O)C1CCN(S(=O)(=O)NCC2CSCCS2)CC1. The Morgan fingerprint density at radius 2 is 2.00 bits per heavy atom. The average Bonchev–Trinajstić information content (AvgIpc) is 2.46. The van der Waals surface area contributed by atoms with Gasteiger partial charge in [0, 0.05) is 42.1 Å². The minimum absolute atomic E-state index is 0.291. The van der Waals surface area contributed by atoms with Crippen molar-refractivity contribution in [2.75, 3.05) is 36.9 Å². The second kappa shape index (κ2) is 7.35. The Morgan fingerprint density at radius 1 is 1.30 bits per heavy atom. The summed E-state index contributed by atoms with van der Waals surface area (Å²) >= 11 is 3.67. The molecule has 0 aromatic carbocycles. The first-order chi connectivity index (χ1) is 9.49. The molecule has 6 nitrogen and oxygen atoms in total. The van der Waals surface area contributed by atoms with Gasteiger partial charge in [0.1, 0.15) is 0 Å². The molecule has 0 radical (unpaired) electrons. The van der Waals surface area contributed by atoms with Crippen molar-refractivity contribution in [2.45, 2.75) is 18.1 Å². The molecule has 0 aromatic rings. The molecule has 9 heteroatoms. The molecular formula is C11H20N2O4S3. The molecule has 1 atom stereocenters. The largest absolute Gasteiger partial charge is 0.481 e. The zero-order valence-corrected chi connectivity index (χ0v) is 13.6. The highest BCUT2D eigenvalue weighted by molar-refractivity contribution is 8.06. The maximum absolute atomic E-state index is 12.2. The van der Waals surface area contributed by atoms with Gasteiger partial charge in [0.15, 0.2) is 0 Å². The van der Waals surface area contributed by atoms with E-state index in [1.165, 1.54) is 4.31 Å². The van der Waals surface area contributed by atoms with Gasteiger partial charge in [-0.05, 0) is 12.8 Å². The average molecular weight is 340 g/mol. The summed E-state index contributed by atoms with van der Waals surface area (Å²) in [4.78, 5) is 10.9. The lowest BCUT2D eigenvalue weighted by Crippen LogP contribution is -2.47. The van der Waals surface area contributed by atoms with Crippen LogP contribution in [0.5, 0.6) is 0 Å². The number of carboxylic acid groups (broad SMARTS) is 1. The fourth-order valence-corrected chi connectivity index (χ4v) is 6.29. The van der Waals surface area contributed by atoms with Crippen molar-refractivity contribution in [1.82, 2.24) is 9.03 Å². The van der Waals surface area contributed by atoms with Crippen LogP contribution in [0.25, 0.3) is 0 Å². The van der Waals surface area contributed by atoms with E-state index >= 15 is 0 Å². The molecule has 2 fully saturated rings. The predicted molar refractivity (Wildman–Crippen MR) is 82.4 cm³/mol. The van der Waals surface area contributed by atoms with Crippen LogP contribution in [0.2, 0.25) is 0 Å². The van der Waals surface area contributed by atoms with Crippen molar-refractivity contribution in [3.05, 3.63) is 0 Å². The smallest absolute Gasteiger partial charge is 0.306 e. The lowest BCUT2D eigenvalue weighted by Gasteiger charge is -2.30. The van der Waals surface area contributed by atoms with Crippen LogP contribution in [0, 0.1) is 5.92 Å². The van der Waals surface area contributed by atoms with Crippen molar-refractivity contribution in [1.29, 1.82) is 0 Å². The Bertz CT molecular complexity index is 429. The summed E-state index contributed by atoms with van der Waals surface area (Å²) in [7, 11) is -3.46. The van der Waals surface area contributed by atoms with Gasteiger partial charge >= 0.3 is 5.97 Å². The Hall–Kier alpha value is 0.0400. The van der Waals surface area contributed by atoms with Gasteiger partial charge in [0.25, 0.3) is 10.2 Å². The van der Waals surface area contributed by atoms with E-state index in [1.54, 1.807) is 0 Å². The molecule has 0 amide bonds. The Morgan fingerprint density at radius 3 is 2.55 bits per heavy atom. The highest BCUT2D eigenvalue weighted by atomic mass is 32.2. The summed E-state index contributed by atoms with van der Waals surface area (Å²) in [5.41, 5.74) is 0. The maximum atomic E-state index is 12.2. The molecule has 0 aliphatic carbocycles. The molecule has 2 saturated heterocycles. The normalized spacial score (nSPS) is 26.5. The first-order valence-corrected chi connectivity index (χ1v) is 10.3. The molecule has 2 N–H and O–H groups in total. The van der Waals surface area contributed by atoms with Crippen molar-refractivity contribution >= 4 is 39.7 Å². The number of rotatable bonds is 5. The number of thioether (sulfide) groups is 2. The number of piperidine rings is 1. The zero-order chi connectivity index (χ0) is 14.6. The van der Waals surface area contributed by atoms with Gasteiger partial charge < -0.3 is 5.11 Å². The molecule has 2 rings (SSSR count). The third-order valence-electron chi connectivity index (χ3n) is 3.52. The second-order valence-corrected chi connectivity index (χ2v) is 9.25. The standard InChI is InChI=1S/C11H20N2O4S3/c14-11(15)9-1-3-13(4-2-9)20(16,17)12-7-10-8-18-5-6-19-10/h9-10,12H,1-8H2,(H,14,15). The number of hydrogen-bond donors (Lipinski definition) is 2. The molecule has 116 valence electrons. The topological polar surface area (TPSA) is 86.7 Å². The predicted octanol–water partition coefficient (Wildman–Crippen LogP) is 0.466. The van der Waals surface area contributed by atoms with Gasteiger partial charge in [-0.2, -0.15) is 36.2 Å². The van der Waals surface area contributed by atoms with Gasteiger partial charge in [-0.1, -0.05) is 0 Å². The van der Waals surface area contributed by atoms with E-state index in [0.717, 1.165) is 17.3 Å². The number of carbonyl (C=O) groups is 1. The van der Waals surface area contributed by atoms with Crippen LogP contribution in [-0.2, 0) is 15.0 Å². The molecule has 0 saturated carbocycles. The van der Waals surface area contributed by atoms with E-state index in [4.69, 9.17) is 5.11 Å². The molecule has 1 unspecified atom stereocenters. The monoisotopic (exact) mass is 340 g/mol. The van der Waals surface area contributed by atoms with Crippen molar-refractivity contribution < 1.29 is 18.3 Å². The first-order valence-electron chi connectivity index (χ1n) is 6.66. The summed E-state index contributed by atoms with van der Waals surface area (Å²) in [5.74, 6) is 1.95. The van der Waals surface area contributed by atoms with Crippen LogP contribution in [0.15, 0.2) is 0 Å². The van der Waals surface area contributed by atoms with Crippen LogP contribution in [0.3, 0.4) is 0 Å². The van der Waals surface area contributed by atoms with Crippen LogP contribution in [0.4, 0.5) is 0 Å². The summed E-state index contributed by atoms with van der Waals surface area (Å²) in [5, 5.41) is 9.25. The van der Waals surface area contributed by atoms with E-state index in [2.05, 4.69) is 4.72 Å². The van der Waals surface area contributed by atoms with Gasteiger partial charge in [0.2, 0.25) is 0 Å².